The summed E-state index contributed by atoms with van der Waals surface area (Å²) in [5.74, 6) is -0.0821. The first-order chi connectivity index (χ1) is 10.5. The highest BCUT2D eigenvalue weighted by Gasteiger charge is 2.24. The number of amides is 1. The molecule has 5 heteroatoms. The van der Waals surface area contributed by atoms with Crippen LogP contribution in [0.25, 0.3) is 6.08 Å². The number of amidine groups is 1. The summed E-state index contributed by atoms with van der Waals surface area (Å²) in [6.07, 6.45) is 1.94. The third kappa shape index (κ3) is 3.15. The molecule has 2 heterocycles. The van der Waals surface area contributed by atoms with E-state index in [0.29, 0.717) is 10.1 Å². The van der Waals surface area contributed by atoms with Crippen LogP contribution < -0.4 is 5.32 Å². The fourth-order valence-corrected chi connectivity index (χ4v) is 3.92. The van der Waals surface area contributed by atoms with Gasteiger partial charge in [0.2, 0.25) is 0 Å². The second-order valence-corrected chi connectivity index (χ2v) is 7.22. The molecule has 0 radical (unpaired) electrons. The lowest BCUT2D eigenvalue weighted by Gasteiger charge is -2.02. The number of nitrogens with zero attached hydrogens (tertiary/aromatic N) is 1. The average molecular weight is 328 g/mol. The van der Waals surface area contributed by atoms with Gasteiger partial charge in [0.25, 0.3) is 5.91 Å². The van der Waals surface area contributed by atoms with Gasteiger partial charge in [0, 0.05) is 4.88 Å². The number of aliphatic imine (C=N–C) groups is 1. The summed E-state index contributed by atoms with van der Waals surface area (Å²) >= 11 is 3.03. The molecule has 0 atom stereocenters. The van der Waals surface area contributed by atoms with Crippen molar-refractivity contribution in [3.8, 4) is 0 Å². The fraction of sp³-hybridized carbons (Fsp3) is 0.176. The van der Waals surface area contributed by atoms with Crippen LogP contribution in [-0.4, -0.2) is 11.1 Å². The molecule has 1 N–H and O–H groups in total. The largest absolute Gasteiger partial charge is 0.300 e. The molecular weight excluding hydrogens is 312 g/mol. The van der Waals surface area contributed by atoms with Gasteiger partial charge in [-0.2, -0.15) is 0 Å². The van der Waals surface area contributed by atoms with Crippen LogP contribution in [0.2, 0.25) is 0 Å². The van der Waals surface area contributed by atoms with Crippen molar-refractivity contribution in [2.75, 3.05) is 0 Å². The molecule has 22 heavy (non-hydrogen) atoms. The molecule has 0 saturated carbocycles. The lowest BCUT2D eigenvalue weighted by Crippen LogP contribution is -2.19. The van der Waals surface area contributed by atoms with Gasteiger partial charge in [-0.25, -0.2) is 4.99 Å². The smallest absolute Gasteiger partial charge is 0.264 e. The summed E-state index contributed by atoms with van der Waals surface area (Å²) in [6.45, 7) is 6.13. The van der Waals surface area contributed by atoms with E-state index in [1.165, 1.54) is 22.9 Å². The first kappa shape index (κ1) is 15.1. The van der Waals surface area contributed by atoms with Crippen LogP contribution in [-0.2, 0) is 4.79 Å². The Morgan fingerprint density at radius 3 is 2.64 bits per heavy atom. The zero-order valence-corrected chi connectivity index (χ0v) is 14.3. The number of hydrogen-bond donors (Lipinski definition) is 1. The van der Waals surface area contributed by atoms with E-state index in [0.717, 1.165) is 16.1 Å². The zero-order valence-electron chi connectivity index (χ0n) is 12.6. The van der Waals surface area contributed by atoms with Gasteiger partial charge < -0.3 is 5.32 Å². The van der Waals surface area contributed by atoms with Crippen molar-refractivity contribution in [3.63, 3.8) is 0 Å². The molecule has 112 valence electrons. The normalized spacial score (nSPS) is 18.2. The van der Waals surface area contributed by atoms with E-state index >= 15 is 0 Å². The summed E-state index contributed by atoms with van der Waals surface area (Å²) in [6, 6.07) is 8.15. The molecule has 0 bridgehead atoms. The summed E-state index contributed by atoms with van der Waals surface area (Å²) in [5.41, 5.74) is 4.39. The molecular formula is C17H16N2OS2. The number of carbonyl (C=O) groups excluding carboxylic acids is 1. The molecule has 1 aliphatic rings. The number of hydrogen-bond acceptors (Lipinski definition) is 4. The summed E-state index contributed by atoms with van der Waals surface area (Å²) < 4.78 is 0. The third-order valence-corrected chi connectivity index (χ3v) is 5.26. The quantitative estimate of drug-likeness (QED) is 0.821. The van der Waals surface area contributed by atoms with E-state index in [4.69, 9.17) is 0 Å². The molecule has 0 aliphatic carbocycles. The van der Waals surface area contributed by atoms with Crippen LogP contribution in [0.1, 0.15) is 21.6 Å². The number of thioether (sulfide) groups is 1. The average Bonchev–Trinajstić information content (AvgIpc) is 3.01. The highest BCUT2D eigenvalue weighted by Crippen LogP contribution is 2.31. The van der Waals surface area contributed by atoms with Gasteiger partial charge >= 0.3 is 0 Å². The van der Waals surface area contributed by atoms with Gasteiger partial charge in [0.15, 0.2) is 5.17 Å². The van der Waals surface area contributed by atoms with Gasteiger partial charge in [0.1, 0.15) is 0 Å². The minimum absolute atomic E-state index is 0.0821. The number of thiophene rings is 1. The Balaban J connectivity index is 1.87. The van der Waals surface area contributed by atoms with Gasteiger partial charge in [-0.3, -0.25) is 4.79 Å². The van der Waals surface area contributed by atoms with Crippen molar-refractivity contribution < 1.29 is 4.79 Å². The molecule has 2 aromatic rings. The number of nitrogens with one attached hydrogen (secondary N) is 1. The number of carbonyl (C=O) groups is 1. The monoisotopic (exact) mass is 328 g/mol. The lowest BCUT2D eigenvalue weighted by atomic mass is 10.1. The molecule has 1 saturated heterocycles. The van der Waals surface area contributed by atoms with Crippen molar-refractivity contribution in [3.05, 3.63) is 56.1 Å². The van der Waals surface area contributed by atoms with Crippen LogP contribution in [0.3, 0.4) is 0 Å². The summed E-state index contributed by atoms with van der Waals surface area (Å²) in [5, 5.41) is 5.50. The molecule has 1 aromatic carbocycles. The standard InChI is InChI=1S/C17H16N2OS2/c1-10-4-5-13(12(3)8-10)18-17-19-16(20)15(22-17)9-14-11(2)6-7-21-14/h4-9H,1-3H3,(H,18,19,20)/b15-9-. The number of aryl methyl sites for hydroxylation is 3. The minimum Gasteiger partial charge on any atom is -0.300 e. The van der Waals surface area contributed by atoms with Crippen LogP contribution in [0.4, 0.5) is 5.69 Å². The molecule has 1 amide bonds. The minimum atomic E-state index is -0.0821. The molecule has 3 nitrogen and oxygen atoms in total. The van der Waals surface area contributed by atoms with E-state index < -0.39 is 0 Å². The molecule has 0 unspecified atom stereocenters. The van der Waals surface area contributed by atoms with Crippen molar-refractivity contribution in [2.45, 2.75) is 20.8 Å². The SMILES string of the molecule is Cc1ccc(N=C2NC(=O)/C(=C/c3sccc3C)S2)c(C)c1. The Kier molecular flexibility index (Phi) is 4.18. The van der Waals surface area contributed by atoms with Crippen LogP contribution in [0, 0.1) is 20.8 Å². The maximum Gasteiger partial charge on any atom is 0.264 e. The van der Waals surface area contributed by atoms with Crippen molar-refractivity contribution >= 4 is 45.9 Å². The van der Waals surface area contributed by atoms with Gasteiger partial charge in [-0.1, -0.05) is 17.7 Å². The Bertz CT molecular complexity index is 803. The first-order valence-corrected chi connectivity index (χ1v) is 8.63. The van der Waals surface area contributed by atoms with E-state index in [-0.39, 0.29) is 5.91 Å². The van der Waals surface area contributed by atoms with Crippen molar-refractivity contribution in [2.24, 2.45) is 4.99 Å². The molecule has 1 aliphatic heterocycles. The van der Waals surface area contributed by atoms with E-state index in [9.17, 15) is 4.79 Å². The molecule has 0 spiro atoms. The Morgan fingerprint density at radius 1 is 1.14 bits per heavy atom. The third-order valence-electron chi connectivity index (χ3n) is 3.39. The maximum atomic E-state index is 12.1. The highest BCUT2D eigenvalue weighted by atomic mass is 32.2. The van der Waals surface area contributed by atoms with E-state index in [2.05, 4.69) is 29.4 Å². The predicted molar refractivity (Wildman–Crippen MR) is 95.8 cm³/mol. The molecule has 3 rings (SSSR count). The molecule has 1 fully saturated rings. The Labute approximate surface area is 138 Å². The summed E-state index contributed by atoms with van der Waals surface area (Å²) in [4.78, 5) is 18.4. The van der Waals surface area contributed by atoms with E-state index in [1.807, 2.05) is 37.4 Å². The van der Waals surface area contributed by atoms with Crippen LogP contribution >= 0.6 is 23.1 Å². The summed E-state index contributed by atoms with van der Waals surface area (Å²) in [7, 11) is 0. The van der Waals surface area contributed by atoms with Crippen molar-refractivity contribution in [1.29, 1.82) is 0 Å². The van der Waals surface area contributed by atoms with Gasteiger partial charge in [-0.15, -0.1) is 11.3 Å². The van der Waals surface area contributed by atoms with Crippen molar-refractivity contribution in [1.82, 2.24) is 5.32 Å². The number of rotatable bonds is 2. The predicted octanol–water partition coefficient (Wildman–Crippen LogP) is 4.56. The Hall–Kier alpha value is -1.85. The Morgan fingerprint density at radius 2 is 1.95 bits per heavy atom. The molecule has 1 aromatic heterocycles. The first-order valence-electron chi connectivity index (χ1n) is 6.94. The maximum absolute atomic E-state index is 12.1. The second-order valence-electron chi connectivity index (χ2n) is 5.24. The fourth-order valence-electron chi connectivity index (χ4n) is 2.17. The lowest BCUT2D eigenvalue weighted by molar-refractivity contribution is -0.115. The van der Waals surface area contributed by atoms with Gasteiger partial charge in [-0.05, 0) is 67.2 Å². The van der Waals surface area contributed by atoms with E-state index in [1.54, 1.807) is 11.3 Å². The van der Waals surface area contributed by atoms with Crippen LogP contribution in [0.5, 0.6) is 0 Å². The topological polar surface area (TPSA) is 41.5 Å². The highest BCUT2D eigenvalue weighted by molar-refractivity contribution is 8.18. The zero-order chi connectivity index (χ0) is 15.7. The number of benzene rings is 1. The van der Waals surface area contributed by atoms with Crippen LogP contribution in [0.15, 0.2) is 39.5 Å². The van der Waals surface area contributed by atoms with Gasteiger partial charge in [0.05, 0.1) is 10.6 Å². The second kappa shape index (κ2) is 6.10.